The molecule has 0 saturated heterocycles. The van der Waals surface area contributed by atoms with Gasteiger partial charge in [-0.1, -0.05) is 24.3 Å². The zero-order chi connectivity index (χ0) is 17.6. The van der Waals surface area contributed by atoms with E-state index in [1.807, 2.05) is 41.3 Å². The molecule has 2 amide bonds. The zero-order valence-corrected chi connectivity index (χ0v) is 14.3. The number of para-hydroxylation sites is 1. The Hall–Kier alpha value is -2.82. The molecule has 0 radical (unpaired) electrons. The van der Waals surface area contributed by atoms with Gasteiger partial charge in [-0.25, -0.2) is 0 Å². The molecule has 2 aliphatic rings. The van der Waals surface area contributed by atoms with Gasteiger partial charge in [-0.15, -0.1) is 0 Å². The van der Waals surface area contributed by atoms with E-state index in [4.69, 9.17) is 4.74 Å². The predicted octanol–water partition coefficient (Wildman–Crippen LogP) is 2.93. The Labute approximate surface area is 146 Å². The average Bonchev–Trinajstić information content (AvgIpc) is 2.92. The molecule has 0 fully saturated rings. The Kier molecular flexibility index (Phi) is 3.71. The molecule has 2 aromatic rings. The summed E-state index contributed by atoms with van der Waals surface area (Å²) in [5, 5.41) is 2.83. The molecule has 2 heterocycles. The number of anilines is 2. The fourth-order valence-electron chi connectivity index (χ4n) is 3.57. The Bertz CT molecular complexity index is 862. The number of nitrogens with zero attached hydrogens (tertiary/aromatic N) is 1. The number of fused-ring (bicyclic) bond motifs is 2. The van der Waals surface area contributed by atoms with Gasteiger partial charge in [-0.2, -0.15) is 0 Å². The van der Waals surface area contributed by atoms with Gasteiger partial charge >= 0.3 is 0 Å². The van der Waals surface area contributed by atoms with E-state index in [1.54, 1.807) is 6.92 Å². The first kappa shape index (κ1) is 15.7. The molecular formula is C20H20N2O3. The van der Waals surface area contributed by atoms with Crippen molar-refractivity contribution in [2.45, 2.75) is 38.8 Å². The molecule has 2 aromatic carbocycles. The van der Waals surface area contributed by atoms with Gasteiger partial charge in [0.15, 0.2) is 6.10 Å². The van der Waals surface area contributed by atoms with Gasteiger partial charge in [-0.05, 0) is 49.6 Å². The van der Waals surface area contributed by atoms with Gasteiger partial charge in [0.25, 0.3) is 5.91 Å². The number of carbonyl (C=O) groups is 2. The molecule has 2 unspecified atom stereocenters. The lowest BCUT2D eigenvalue weighted by molar-refractivity contribution is -0.122. The van der Waals surface area contributed by atoms with Crippen LogP contribution in [-0.4, -0.2) is 24.0 Å². The molecule has 2 atom stereocenters. The second-order valence-corrected chi connectivity index (χ2v) is 6.70. The van der Waals surface area contributed by atoms with Gasteiger partial charge in [0.1, 0.15) is 5.75 Å². The fraction of sp³-hybridized carbons (Fsp3) is 0.300. The molecular weight excluding hydrogens is 316 g/mol. The van der Waals surface area contributed by atoms with Gasteiger partial charge < -0.3 is 15.0 Å². The normalized spacial score (nSPS) is 21.2. The van der Waals surface area contributed by atoms with Crippen LogP contribution in [0.5, 0.6) is 5.75 Å². The van der Waals surface area contributed by atoms with Crippen molar-refractivity contribution in [3.63, 3.8) is 0 Å². The lowest BCUT2D eigenvalue weighted by atomic mass is 10.1. The summed E-state index contributed by atoms with van der Waals surface area (Å²) in [6.45, 7) is 3.78. The summed E-state index contributed by atoms with van der Waals surface area (Å²) >= 11 is 0. The highest BCUT2D eigenvalue weighted by atomic mass is 16.5. The molecule has 0 saturated carbocycles. The molecule has 1 N–H and O–H groups in total. The highest BCUT2D eigenvalue weighted by molar-refractivity contribution is 5.99. The molecule has 5 nitrogen and oxygen atoms in total. The summed E-state index contributed by atoms with van der Waals surface area (Å²) < 4.78 is 5.56. The van der Waals surface area contributed by atoms with Crippen LogP contribution >= 0.6 is 0 Å². The van der Waals surface area contributed by atoms with Crippen LogP contribution in [0.1, 0.15) is 25.0 Å². The Balaban J connectivity index is 1.56. The van der Waals surface area contributed by atoms with Crippen molar-refractivity contribution >= 4 is 23.2 Å². The van der Waals surface area contributed by atoms with E-state index in [9.17, 15) is 9.59 Å². The van der Waals surface area contributed by atoms with E-state index in [2.05, 4.69) is 18.3 Å². The number of hydrogen-bond donors (Lipinski definition) is 1. The van der Waals surface area contributed by atoms with Crippen LogP contribution in [-0.2, 0) is 22.4 Å². The largest absolute Gasteiger partial charge is 0.479 e. The summed E-state index contributed by atoms with van der Waals surface area (Å²) in [6.07, 6.45) is 0.674. The summed E-state index contributed by atoms with van der Waals surface area (Å²) in [4.78, 5) is 26.5. The first-order chi connectivity index (χ1) is 12.0. The molecule has 0 aliphatic carbocycles. The number of carbonyl (C=O) groups excluding carboxylic acids is 2. The van der Waals surface area contributed by atoms with E-state index < -0.39 is 6.10 Å². The molecule has 5 heteroatoms. The van der Waals surface area contributed by atoms with Crippen molar-refractivity contribution in [1.29, 1.82) is 0 Å². The van der Waals surface area contributed by atoms with Crippen LogP contribution in [0, 0.1) is 0 Å². The number of ether oxygens (including phenoxy) is 1. The zero-order valence-electron chi connectivity index (χ0n) is 14.3. The maximum Gasteiger partial charge on any atom is 0.265 e. The van der Waals surface area contributed by atoms with Crippen molar-refractivity contribution < 1.29 is 14.3 Å². The van der Waals surface area contributed by atoms with Crippen molar-refractivity contribution in [2.75, 3.05) is 10.2 Å². The van der Waals surface area contributed by atoms with E-state index >= 15 is 0 Å². The van der Waals surface area contributed by atoms with Crippen molar-refractivity contribution in [3.8, 4) is 5.75 Å². The third-order valence-electron chi connectivity index (χ3n) is 4.81. The molecule has 2 aliphatic heterocycles. The topological polar surface area (TPSA) is 58.6 Å². The lowest BCUT2D eigenvalue weighted by Crippen LogP contribution is -2.37. The van der Waals surface area contributed by atoms with Crippen molar-refractivity contribution in [1.82, 2.24) is 0 Å². The van der Waals surface area contributed by atoms with Crippen molar-refractivity contribution in [2.24, 2.45) is 0 Å². The number of hydrogen-bond acceptors (Lipinski definition) is 3. The second-order valence-electron chi connectivity index (χ2n) is 6.70. The maximum absolute atomic E-state index is 12.9. The number of benzene rings is 2. The number of amides is 2. The van der Waals surface area contributed by atoms with Crippen molar-refractivity contribution in [3.05, 3.63) is 53.6 Å². The summed E-state index contributed by atoms with van der Waals surface area (Å²) in [7, 11) is 0. The molecule has 0 bridgehead atoms. The molecule has 128 valence electrons. The van der Waals surface area contributed by atoms with Crippen LogP contribution in [0.15, 0.2) is 42.5 Å². The van der Waals surface area contributed by atoms with Crippen LogP contribution in [0.3, 0.4) is 0 Å². The second kappa shape index (κ2) is 5.92. The van der Waals surface area contributed by atoms with Crippen LogP contribution < -0.4 is 15.0 Å². The third kappa shape index (κ3) is 2.76. The SMILES string of the molecule is CC1Oc2ccc(CC(=O)N3c4ccccc4CC3C)cc2NC1=O. The molecule has 0 aromatic heterocycles. The highest BCUT2D eigenvalue weighted by Crippen LogP contribution is 2.34. The summed E-state index contributed by atoms with van der Waals surface area (Å²) in [5.41, 5.74) is 3.70. The molecule has 4 rings (SSSR count). The van der Waals surface area contributed by atoms with Crippen LogP contribution in [0.4, 0.5) is 11.4 Å². The first-order valence-electron chi connectivity index (χ1n) is 8.53. The van der Waals surface area contributed by atoms with E-state index in [0.29, 0.717) is 11.4 Å². The fourth-order valence-corrected chi connectivity index (χ4v) is 3.57. The smallest absolute Gasteiger partial charge is 0.265 e. The maximum atomic E-state index is 12.9. The van der Waals surface area contributed by atoms with E-state index in [1.165, 1.54) is 5.56 Å². The predicted molar refractivity (Wildman–Crippen MR) is 96.0 cm³/mol. The van der Waals surface area contributed by atoms with E-state index in [0.717, 1.165) is 17.7 Å². The third-order valence-corrected chi connectivity index (χ3v) is 4.81. The minimum Gasteiger partial charge on any atom is -0.479 e. The lowest BCUT2D eigenvalue weighted by Gasteiger charge is -2.25. The van der Waals surface area contributed by atoms with Gasteiger partial charge in [-0.3, -0.25) is 9.59 Å². The van der Waals surface area contributed by atoms with E-state index in [-0.39, 0.29) is 24.3 Å². The molecule has 25 heavy (non-hydrogen) atoms. The van der Waals surface area contributed by atoms with Gasteiger partial charge in [0.2, 0.25) is 5.91 Å². The Morgan fingerprint density at radius 3 is 2.88 bits per heavy atom. The number of rotatable bonds is 2. The van der Waals surface area contributed by atoms with Gasteiger partial charge in [0.05, 0.1) is 12.1 Å². The Morgan fingerprint density at radius 2 is 2.04 bits per heavy atom. The Morgan fingerprint density at radius 1 is 1.24 bits per heavy atom. The van der Waals surface area contributed by atoms with Crippen LogP contribution in [0.25, 0.3) is 0 Å². The van der Waals surface area contributed by atoms with Crippen LogP contribution in [0.2, 0.25) is 0 Å². The minimum atomic E-state index is -0.498. The monoisotopic (exact) mass is 336 g/mol. The quantitative estimate of drug-likeness (QED) is 0.917. The summed E-state index contributed by atoms with van der Waals surface area (Å²) in [6, 6.07) is 13.7. The standard InChI is InChI=1S/C20H20N2O3/c1-12-9-15-5-3-4-6-17(15)22(12)19(23)11-14-7-8-18-16(10-14)21-20(24)13(2)25-18/h3-8,10,12-13H,9,11H2,1-2H3,(H,21,24). The average molecular weight is 336 g/mol. The summed E-state index contributed by atoms with van der Waals surface area (Å²) in [5.74, 6) is 0.537. The minimum absolute atomic E-state index is 0.0637. The highest BCUT2D eigenvalue weighted by Gasteiger charge is 2.30. The number of nitrogens with one attached hydrogen (secondary N) is 1. The molecule has 0 spiro atoms. The first-order valence-corrected chi connectivity index (χ1v) is 8.53. The van der Waals surface area contributed by atoms with Gasteiger partial charge in [0, 0.05) is 11.7 Å².